The van der Waals surface area contributed by atoms with Gasteiger partial charge in [0, 0.05) is 6.54 Å². The zero-order chi connectivity index (χ0) is 14.0. The van der Waals surface area contributed by atoms with Gasteiger partial charge in [-0.25, -0.2) is 0 Å². The summed E-state index contributed by atoms with van der Waals surface area (Å²) in [6.07, 6.45) is 6.64. The molecule has 1 saturated heterocycles. The van der Waals surface area contributed by atoms with Gasteiger partial charge in [0.15, 0.2) is 0 Å². The summed E-state index contributed by atoms with van der Waals surface area (Å²) in [4.78, 5) is 12.4. The number of carbonyl (C=O) groups is 1. The smallest absolute Gasteiger partial charge is 0.226 e. The number of carbonyl (C=O) groups excluding carboxylic acids is 1. The predicted molar refractivity (Wildman–Crippen MR) is 78.1 cm³/mol. The van der Waals surface area contributed by atoms with Crippen molar-refractivity contribution in [1.29, 1.82) is 0 Å². The van der Waals surface area contributed by atoms with E-state index >= 15 is 0 Å². The van der Waals surface area contributed by atoms with Crippen LogP contribution in [0.15, 0.2) is 12.7 Å². The summed E-state index contributed by atoms with van der Waals surface area (Å²) in [6.45, 7) is 9.56. The molecule has 0 aromatic heterocycles. The Morgan fingerprint density at radius 1 is 1.42 bits per heavy atom. The van der Waals surface area contributed by atoms with Crippen LogP contribution in [-0.2, 0) is 9.53 Å². The van der Waals surface area contributed by atoms with Gasteiger partial charge in [-0.1, -0.05) is 19.4 Å². The molecular weight excluding hydrogens is 240 g/mol. The van der Waals surface area contributed by atoms with Crippen molar-refractivity contribution in [2.24, 2.45) is 5.41 Å². The van der Waals surface area contributed by atoms with E-state index in [1.54, 1.807) is 0 Å². The van der Waals surface area contributed by atoms with E-state index in [1.807, 2.05) is 6.08 Å². The summed E-state index contributed by atoms with van der Waals surface area (Å²) in [6, 6.07) is 0. The molecule has 110 valence electrons. The van der Waals surface area contributed by atoms with Gasteiger partial charge in [0.25, 0.3) is 0 Å². The maximum absolute atomic E-state index is 12.4. The maximum Gasteiger partial charge on any atom is 0.226 e. The van der Waals surface area contributed by atoms with Gasteiger partial charge in [0.05, 0.1) is 18.6 Å². The first-order chi connectivity index (χ1) is 9.25. The second kappa shape index (κ2) is 9.10. The molecular formula is C15H28N2O2. The monoisotopic (exact) mass is 268 g/mol. The van der Waals surface area contributed by atoms with Crippen molar-refractivity contribution in [2.45, 2.75) is 39.0 Å². The molecule has 1 aliphatic rings. The number of amides is 1. The molecule has 0 atom stereocenters. The molecule has 0 spiro atoms. The SMILES string of the molecule is C=CCCOCCNC(=O)C1(CCC)CCNCC1. The van der Waals surface area contributed by atoms with E-state index in [0.29, 0.717) is 19.8 Å². The van der Waals surface area contributed by atoms with E-state index in [1.165, 1.54) is 0 Å². The highest BCUT2D eigenvalue weighted by Crippen LogP contribution is 2.34. The molecule has 1 heterocycles. The Labute approximate surface area is 117 Å². The first-order valence-corrected chi connectivity index (χ1v) is 7.43. The lowest BCUT2D eigenvalue weighted by molar-refractivity contribution is -0.133. The van der Waals surface area contributed by atoms with Crippen LogP contribution < -0.4 is 10.6 Å². The molecule has 0 saturated carbocycles. The lowest BCUT2D eigenvalue weighted by atomic mass is 9.74. The fraction of sp³-hybridized carbons (Fsp3) is 0.800. The van der Waals surface area contributed by atoms with Gasteiger partial charge < -0.3 is 15.4 Å². The third kappa shape index (κ3) is 5.33. The molecule has 2 N–H and O–H groups in total. The molecule has 0 aromatic carbocycles. The molecule has 1 amide bonds. The molecule has 0 aromatic rings. The quantitative estimate of drug-likeness (QED) is 0.496. The van der Waals surface area contributed by atoms with E-state index in [-0.39, 0.29) is 11.3 Å². The van der Waals surface area contributed by atoms with Crippen LogP contribution in [0.2, 0.25) is 0 Å². The molecule has 1 aliphatic heterocycles. The summed E-state index contributed by atoms with van der Waals surface area (Å²) < 4.78 is 5.41. The van der Waals surface area contributed by atoms with Crippen molar-refractivity contribution in [1.82, 2.24) is 10.6 Å². The lowest BCUT2D eigenvalue weighted by Crippen LogP contribution is -2.48. The van der Waals surface area contributed by atoms with E-state index in [9.17, 15) is 4.79 Å². The Balaban J connectivity index is 2.29. The molecule has 1 rings (SSSR count). The second-order valence-corrected chi connectivity index (χ2v) is 5.23. The van der Waals surface area contributed by atoms with Gasteiger partial charge >= 0.3 is 0 Å². The number of ether oxygens (including phenoxy) is 1. The highest BCUT2D eigenvalue weighted by atomic mass is 16.5. The summed E-state index contributed by atoms with van der Waals surface area (Å²) in [5, 5.41) is 6.37. The molecule has 0 bridgehead atoms. The summed E-state index contributed by atoms with van der Waals surface area (Å²) in [7, 11) is 0. The highest BCUT2D eigenvalue weighted by Gasteiger charge is 2.38. The molecule has 0 unspecified atom stereocenters. The van der Waals surface area contributed by atoms with E-state index < -0.39 is 0 Å². The number of nitrogens with one attached hydrogen (secondary N) is 2. The van der Waals surface area contributed by atoms with Gasteiger partial charge in [0.2, 0.25) is 5.91 Å². The van der Waals surface area contributed by atoms with Crippen LogP contribution in [0.5, 0.6) is 0 Å². The zero-order valence-electron chi connectivity index (χ0n) is 12.2. The van der Waals surface area contributed by atoms with Crippen molar-refractivity contribution < 1.29 is 9.53 Å². The molecule has 0 aliphatic carbocycles. The predicted octanol–water partition coefficient (Wildman–Crippen LogP) is 1.87. The second-order valence-electron chi connectivity index (χ2n) is 5.23. The summed E-state index contributed by atoms with van der Waals surface area (Å²) >= 11 is 0. The van der Waals surface area contributed by atoms with Crippen LogP contribution in [0.1, 0.15) is 39.0 Å². The van der Waals surface area contributed by atoms with E-state index in [4.69, 9.17) is 4.74 Å². The van der Waals surface area contributed by atoms with Gasteiger partial charge in [0.1, 0.15) is 0 Å². The van der Waals surface area contributed by atoms with Crippen LogP contribution >= 0.6 is 0 Å². The number of hydrogen-bond acceptors (Lipinski definition) is 3. The minimum Gasteiger partial charge on any atom is -0.379 e. The normalized spacial score (nSPS) is 17.9. The zero-order valence-corrected chi connectivity index (χ0v) is 12.2. The summed E-state index contributed by atoms with van der Waals surface area (Å²) in [5.74, 6) is 0.211. The van der Waals surface area contributed by atoms with Gasteiger partial charge in [-0.2, -0.15) is 0 Å². The van der Waals surface area contributed by atoms with Crippen LogP contribution in [0.4, 0.5) is 0 Å². The Bertz CT molecular complexity index is 268. The maximum atomic E-state index is 12.4. The van der Waals surface area contributed by atoms with Gasteiger partial charge in [-0.05, 0) is 38.8 Å². The van der Waals surface area contributed by atoms with Crippen LogP contribution in [-0.4, -0.2) is 38.8 Å². The minimum atomic E-state index is -0.152. The Hall–Kier alpha value is -0.870. The van der Waals surface area contributed by atoms with E-state index in [2.05, 4.69) is 24.1 Å². The van der Waals surface area contributed by atoms with Crippen molar-refractivity contribution in [2.75, 3.05) is 32.8 Å². The topological polar surface area (TPSA) is 50.4 Å². The van der Waals surface area contributed by atoms with Crippen molar-refractivity contribution in [3.63, 3.8) is 0 Å². The summed E-state index contributed by atoms with van der Waals surface area (Å²) in [5.41, 5.74) is -0.152. The van der Waals surface area contributed by atoms with E-state index in [0.717, 1.165) is 45.2 Å². The molecule has 4 heteroatoms. The average Bonchev–Trinajstić information content (AvgIpc) is 2.44. The lowest BCUT2D eigenvalue weighted by Gasteiger charge is -2.36. The van der Waals surface area contributed by atoms with Crippen molar-refractivity contribution in [3.8, 4) is 0 Å². The first-order valence-electron chi connectivity index (χ1n) is 7.43. The number of piperidine rings is 1. The fourth-order valence-electron chi connectivity index (χ4n) is 2.67. The van der Waals surface area contributed by atoms with Crippen LogP contribution in [0.3, 0.4) is 0 Å². The third-order valence-corrected chi connectivity index (χ3v) is 3.77. The Kier molecular flexibility index (Phi) is 7.75. The van der Waals surface area contributed by atoms with Gasteiger partial charge in [-0.3, -0.25) is 4.79 Å². The van der Waals surface area contributed by atoms with Crippen molar-refractivity contribution in [3.05, 3.63) is 12.7 Å². The van der Waals surface area contributed by atoms with Gasteiger partial charge in [-0.15, -0.1) is 6.58 Å². The highest BCUT2D eigenvalue weighted by molar-refractivity contribution is 5.82. The standard InChI is InChI=1S/C15H28N2O2/c1-3-5-12-19-13-11-17-14(18)15(6-4-2)7-9-16-10-8-15/h3,16H,1,4-13H2,2H3,(H,17,18). The Morgan fingerprint density at radius 3 is 2.79 bits per heavy atom. The molecule has 0 radical (unpaired) electrons. The minimum absolute atomic E-state index is 0.152. The first kappa shape index (κ1) is 16.2. The average molecular weight is 268 g/mol. The fourth-order valence-corrected chi connectivity index (χ4v) is 2.67. The number of hydrogen-bond donors (Lipinski definition) is 2. The van der Waals surface area contributed by atoms with Crippen molar-refractivity contribution >= 4 is 5.91 Å². The molecule has 19 heavy (non-hydrogen) atoms. The van der Waals surface area contributed by atoms with Crippen LogP contribution in [0.25, 0.3) is 0 Å². The number of rotatable bonds is 9. The molecule has 1 fully saturated rings. The van der Waals surface area contributed by atoms with Crippen LogP contribution in [0, 0.1) is 5.41 Å². The largest absolute Gasteiger partial charge is 0.379 e. The third-order valence-electron chi connectivity index (χ3n) is 3.77. The molecule has 4 nitrogen and oxygen atoms in total. The Morgan fingerprint density at radius 2 is 2.16 bits per heavy atom.